The molecule has 0 unspecified atom stereocenters. The number of halogens is 2. The average Bonchev–Trinajstić information content (AvgIpc) is 2.29. The van der Waals surface area contributed by atoms with E-state index in [2.05, 4.69) is 4.98 Å². The van der Waals surface area contributed by atoms with Gasteiger partial charge < -0.3 is 15.1 Å². The van der Waals surface area contributed by atoms with Gasteiger partial charge in [-0.3, -0.25) is 4.98 Å². The lowest BCUT2D eigenvalue weighted by Crippen LogP contribution is -2.45. The van der Waals surface area contributed by atoms with Gasteiger partial charge in [0.05, 0.1) is 15.7 Å². The van der Waals surface area contributed by atoms with E-state index in [1.165, 1.54) is 17.2 Å². The van der Waals surface area contributed by atoms with Gasteiger partial charge >= 0.3 is 6.09 Å². The number of aromatic nitrogens is 1. The van der Waals surface area contributed by atoms with Crippen LogP contribution in [0.3, 0.4) is 0 Å². The van der Waals surface area contributed by atoms with Crippen LogP contribution in [0.1, 0.15) is 18.5 Å². The molecular formula is C11H12Cl2N2O3. The van der Waals surface area contributed by atoms with Gasteiger partial charge in [-0.1, -0.05) is 23.2 Å². The lowest BCUT2D eigenvalue weighted by atomic mass is 9.88. The molecule has 2 heterocycles. The summed E-state index contributed by atoms with van der Waals surface area (Å²) in [5.74, 6) is 0. The number of hydrogen-bond donors (Lipinski definition) is 2. The first-order chi connectivity index (χ1) is 8.42. The minimum atomic E-state index is -1.19. The Labute approximate surface area is 114 Å². The largest absolute Gasteiger partial charge is 0.465 e. The summed E-state index contributed by atoms with van der Waals surface area (Å²) < 4.78 is 0. The lowest BCUT2D eigenvalue weighted by molar-refractivity contribution is -0.0246. The highest BCUT2D eigenvalue weighted by atomic mass is 35.5. The molecule has 1 fully saturated rings. The van der Waals surface area contributed by atoms with Gasteiger partial charge in [0.1, 0.15) is 5.60 Å². The quantitative estimate of drug-likeness (QED) is 0.833. The average molecular weight is 291 g/mol. The molecular weight excluding hydrogens is 279 g/mol. The summed E-state index contributed by atoms with van der Waals surface area (Å²) in [5.41, 5.74) is -0.827. The Morgan fingerprint density at radius 2 is 2.00 bits per heavy atom. The number of hydrogen-bond acceptors (Lipinski definition) is 3. The number of nitrogens with zero attached hydrogens (tertiary/aromatic N) is 2. The summed E-state index contributed by atoms with van der Waals surface area (Å²) in [4.78, 5) is 16.1. The number of rotatable bonds is 1. The summed E-state index contributed by atoms with van der Waals surface area (Å²) >= 11 is 11.8. The Bertz CT molecular complexity index is 473. The van der Waals surface area contributed by atoms with E-state index in [4.69, 9.17) is 28.3 Å². The SMILES string of the molecule is O=C(O)N1CCC(O)(c2ncc(Cl)cc2Cl)CC1. The van der Waals surface area contributed by atoms with E-state index >= 15 is 0 Å². The molecule has 0 aromatic carbocycles. The third-order valence-electron chi connectivity index (χ3n) is 3.11. The molecule has 1 aliphatic heterocycles. The number of piperidine rings is 1. The zero-order valence-electron chi connectivity index (χ0n) is 9.44. The molecule has 2 rings (SSSR count). The summed E-state index contributed by atoms with van der Waals surface area (Å²) in [6.07, 6.45) is 0.984. The van der Waals surface area contributed by atoms with Gasteiger partial charge in [0.25, 0.3) is 0 Å². The van der Waals surface area contributed by atoms with E-state index in [1.54, 1.807) is 0 Å². The molecule has 2 N–H and O–H groups in total. The standard InChI is InChI=1S/C11H12Cl2N2O3/c12-7-5-8(13)9(14-6-7)11(18)1-3-15(4-2-11)10(16)17/h5-6,18H,1-4H2,(H,16,17). The van der Waals surface area contributed by atoms with Gasteiger partial charge in [-0.25, -0.2) is 4.79 Å². The Morgan fingerprint density at radius 1 is 1.39 bits per heavy atom. The van der Waals surface area contributed by atoms with Crippen molar-refractivity contribution in [1.82, 2.24) is 9.88 Å². The normalized spacial score (nSPS) is 18.7. The first-order valence-corrected chi connectivity index (χ1v) is 6.20. The van der Waals surface area contributed by atoms with Crippen molar-refractivity contribution in [3.63, 3.8) is 0 Å². The minimum Gasteiger partial charge on any atom is -0.465 e. The molecule has 0 spiro atoms. The van der Waals surface area contributed by atoms with E-state index in [0.29, 0.717) is 15.7 Å². The highest BCUT2D eigenvalue weighted by molar-refractivity contribution is 6.34. The number of aliphatic hydroxyl groups is 1. The topological polar surface area (TPSA) is 73.7 Å². The fraction of sp³-hybridized carbons (Fsp3) is 0.455. The highest BCUT2D eigenvalue weighted by Crippen LogP contribution is 2.36. The number of amides is 1. The Hall–Kier alpha value is -1.04. The van der Waals surface area contributed by atoms with Crippen molar-refractivity contribution in [2.45, 2.75) is 18.4 Å². The van der Waals surface area contributed by atoms with Gasteiger partial charge in [-0.05, 0) is 18.9 Å². The molecule has 7 heteroatoms. The molecule has 1 saturated heterocycles. The number of likely N-dealkylation sites (tertiary alicyclic amines) is 1. The van der Waals surface area contributed by atoms with Crippen molar-refractivity contribution in [3.05, 3.63) is 28.0 Å². The van der Waals surface area contributed by atoms with Gasteiger partial charge in [0, 0.05) is 19.3 Å². The molecule has 0 bridgehead atoms. The van der Waals surface area contributed by atoms with Crippen LogP contribution in [0.2, 0.25) is 10.0 Å². The fourth-order valence-electron chi connectivity index (χ4n) is 2.06. The second-order valence-electron chi connectivity index (χ2n) is 4.29. The predicted molar refractivity (Wildman–Crippen MR) is 67.0 cm³/mol. The Kier molecular flexibility index (Phi) is 3.66. The monoisotopic (exact) mass is 290 g/mol. The maximum atomic E-state index is 10.8. The first kappa shape index (κ1) is 13.4. The van der Waals surface area contributed by atoms with Gasteiger partial charge in [-0.2, -0.15) is 0 Å². The van der Waals surface area contributed by atoms with Gasteiger partial charge in [0.2, 0.25) is 0 Å². The van der Waals surface area contributed by atoms with Crippen molar-refractivity contribution in [2.24, 2.45) is 0 Å². The van der Waals surface area contributed by atoms with Crippen LogP contribution in [-0.2, 0) is 5.60 Å². The second kappa shape index (κ2) is 4.91. The summed E-state index contributed by atoms with van der Waals surface area (Å²) in [7, 11) is 0. The molecule has 1 aliphatic rings. The highest BCUT2D eigenvalue weighted by Gasteiger charge is 2.38. The van der Waals surface area contributed by atoms with Crippen molar-refractivity contribution in [3.8, 4) is 0 Å². The number of carboxylic acid groups (broad SMARTS) is 1. The first-order valence-electron chi connectivity index (χ1n) is 5.44. The third kappa shape index (κ3) is 2.53. The maximum Gasteiger partial charge on any atom is 0.407 e. The van der Waals surface area contributed by atoms with E-state index in [9.17, 15) is 9.90 Å². The molecule has 1 amide bonds. The van der Waals surface area contributed by atoms with E-state index in [-0.39, 0.29) is 25.9 Å². The van der Waals surface area contributed by atoms with E-state index < -0.39 is 11.7 Å². The predicted octanol–water partition coefficient (Wildman–Crippen LogP) is 2.35. The molecule has 0 radical (unpaired) electrons. The molecule has 18 heavy (non-hydrogen) atoms. The zero-order valence-corrected chi connectivity index (χ0v) is 10.9. The molecule has 1 aromatic heterocycles. The maximum absolute atomic E-state index is 10.8. The van der Waals surface area contributed by atoms with Crippen molar-refractivity contribution in [1.29, 1.82) is 0 Å². The summed E-state index contributed by atoms with van der Waals surface area (Å²) in [6, 6.07) is 1.52. The number of pyridine rings is 1. The molecule has 5 nitrogen and oxygen atoms in total. The van der Waals surface area contributed by atoms with Crippen molar-refractivity contribution < 1.29 is 15.0 Å². The van der Waals surface area contributed by atoms with E-state index in [0.717, 1.165) is 0 Å². The third-order valence-corrected chi connectivity index (χ3v) is 3.60. The van der Waals surface area contributed by atoms with Crippen LogP contribution in [-0.4, -0.2) is 39.3 Å². The van der Waals surface area contributed by atoms with E-state index in [1.807, 2.05) is 0 Å². The van der Waals surface area contributed by atoms with Crippen molar-refractivity contribution >= 4 is 29.3 Å². The van der Waals surface area contributed by atoms with Crippen LogP contribution in [0.15, 0.2) is 12.3 Å². The van der Waals surface area contributed by atoms with Crippen LogP contribution in [0, 0.1) is 0 Å². The van der Waals surface area contributed by atoms with Crippen LogP contribution in [0.25, 0.3) is 0 Å². The Morgan fingerprint density at radius 3 is 2.50 bits per heavy atom. The Balaban J connectivity index is 2.20. The summed E-state index contributed by atoms with van der Waals surface area (Å²) in [5, 5.41) is 20.1. The minimum absolute atomic E-state index is 0.256. The van der Waals surface area contributed by atoms with Crippen LogP contribution < -0.4 is 0 Å². The molecule has 1 aromatic rings. The second-order valence-corrected chi connectivity index (χ2v) is 5.13. The fourth-order valence-corrected chi connectivity index (χ4v) is 2.62. The lowest BCUT2D eigenvalue weighted by Gasteiger charge is -2.36. The van der Waals surface area contributed by atoms with Gasteiger partial charge in [0.15, 0.2) is 0 Å². The number of carbonyl (C=O) groups is 1. The molecule has 0 atom stereocenters. The zero-order chi connectivity index (χ0) is 13.3. The van der Waals surface area contributed by atoms with Crippen LogP contribution in [0.5, 0.6) is 0 Å². The van der Waals surface area contributed by atoms with Gasteiger partial charge in [-0.15, -0.1) is 0 Å². The summed E-state index contributed by atoms with van der Waals surface area (Å²) in [6.45, 7) is 0.513. The molecule has 0 saturated carbocycles. The smallest absolute Gasteiger partial charge is 0.407 e. The van der Waals surface area contributed by atoms with Crippen molar-refractivity contribution in [2.75, 3.05) is 13.1 Å². The van der Waals surface area contributed by atoms with Crippen LogP contribution >= 0.6 is 23.2 Å². The molecule has 98 valence electrons. The molecule has 0 aliphatic carbocycles. The van der Waals surface area contributed by atoms with Crippen LogP contribution in [0.4, 0.5) is 4.79 Å².